The van der Waals surface area contributed by atoms with Crippen molar-refractivity contribution in [1.82, 2.24) is 15.2 Å². The normalized spacial score (nSPS) is 17.1. The van der Waals surface area contributed by atoms with Crippen molar-refractivity contribution in [1.29, 1.82) is 0 Å². The Morgan fingerprint density at radius 1 is 1.26 bits per heavy atom. The highest BCUT2D eigenvalue weighted by atomic mass is 16.5. The SMILES string of the molecule is COc1ccc(C(=O)N2CCC[C@H](c3oncc3-c3cc(C)no3)C2)cc1. The van der Waals surface area contributed by atoms with Gasteiger partial charge in [0.2, 0.25) is 0 Å². The van der Waals surface area contributed by atoms with Crippen LogP contribution >= 0.6 is 0 Å². The van der Waals surface area contributed by atoms with Crippen molar-refractivity contribution in [3.8, 4) is 17.1 Å². The van der Waals surface area contributed by atoms with Crippen LogP contribution in [0.4, 0.5) is 0 Å². The smallest absolute Gasteiger partial charge is 0.253 e. The van der Waals surface area contributed by atoms with Crippen LogP contribution in [-0.2, 0) is 0 Å². The summed E-state index contributed by atoms with van der Waals surface area (Å²) in [6, 6.07) is 9.05. The predicted molar refractivity (Wildman–Crippen MR) is 97.6 cm³/mol. The van der Waals surface area contributed by atoms with Crippen LogP contribution in [-0.4, -0.2) is 41.3 Å². The molecular formula is C20H21N3O4. The van der Waals surface area contributed by atoms with Crippen molar-refractivity contribution >= 4 is 5.91 Å². The minimum atomic E-state index is 0.0129. The molecule has 0 aliphatic carbocycles. The lowest BCUT2D eigenvalue weighted by Crippen LogP contribution is -2.39. The summed E-state index contributed by atoms with van der Waals surface area (Å²) in [5.74, 6) is 2.21. The number of carbonyl (C=O) groups excluding carboxylic acids is 1. The molecule has 1 fully saturated rings. The van der Waals surface area contributed by atoms with Gasteiger partial charge in [0.1, 0.15) is 5.75 Å². The van der Waals surface area contributed by atoms with Crippen LogP contribution in [0.2, 0.25) is 0 Å². The molecule has 2 aromatic heterocycles. The van der Waals surface area contributed by atoms with E-state index < -0.39 is 0 Å². The Labute approximate surface area is 156 Å². The maximum atomic E-state index is 12.9. The number of likely N-dealkylation sites (tertiary alicyclic amines) is 1. The van der Waals surface area contributed by atoms with Crippen molar-refractivity contribution < 1.29 is 18.6 Å². The van der Waals surface area contributed by atoms with Gasteiger partial charge < -0.3 is 18.7 Å². The zero-order chi connectivity index (χ0) is 18.8. The zero-order valence-corrected chi connectivity index (χ0v) is 15.3. The van der Waals surface area contributed by atoms with Crippen LogP contribution in [0.3, 0.4) is 0 Å². The predicted octanol–water partition coefficient (Wildman–Crippen LogP) is 3.67. The van der Waals surface area contributed by atoms with Gasteiger partial charge in [0.15, 0.2) is 11.5 Å². The van der Waals surface area contributed by atoms with Gasteiger partial charge in [0.05, 0.1) is 24.6 Å². The molecule has 0 N–H and O–H groups in total. The van der Waals surface area contributed by atoms with Gasteiger partial charge in [-0.1, -0.05) is 10.3 Å². The van der Waals surface area contributed by atoms with E-state index in [4.69, 9.17) is 13.8 Å². The summed E-state index contributed by atoms with van der Waals surface area (Å²) < 4.78 is 16.1. The molecule has 3 heterocycles. The minimum Gasteiger partial charge on any atom is -0.497 e. The molecule has 27 heavy (non-hydrogen) atoms. The average molecular weight is 367 g/mol. The van der Waals surface area contributed by atoms with Crippen LogP contribution in [0.1, 0.15) is 40.6 Å². The third kappa shape index (κ3) is 3.45. The number of amides is 1. The third-order valence-corrected chi connectivity index (χ3v) is 4.91. The molecular weight excluding hydrogens is 346 g/mol. The number of hydrogen-bond donors (Lipinski definition) is 0. The van der Waals surface area contributed by atoms with E-state index in [1.54, 1.807) is 37.6 Å². The molecule has 1 amide bonds. The van der Waals surface area contributed by atoms with Gasteiger partial charge in [0.25, 0.3) is 5.91 Å². The van der Waals surface area contributed by atoms with Crippen LogP contribution in [0.15, 0.2) is 45.6 Å². The van der Waals surface area contributed by atoms with Gasteiger partial charge in [-0.2, -0.15) is 0 Å². The Hall–Kier alpha value is -3.09. The van der Waals surface area contributed by atoms with Crippen molar-refractivity contribution in [2.45, 2.75) is 25.7 Å². The zero-order valence-electron chi connectivity index (χ0n) is 15.3. The molecule has 1 saturated heterocycles. The van der Waals surface area contributed by atoms with E-state index >= 15 is 0 Å². The minimum absolute atomic E-state index is 0.0129. The first-order chi connectivity index (χ1) is 13.2. The van der Waals surface area contributed by atoms with Crippen molar-refractivity contribution in [2.24, 2.45) is 0 Å². The van der Waals surface area contributed by atoms with Gasteiger partial charge in [-0.25, -0.2) is 0 Å². The molecule has 0 spiro atoms. The summed E-state index contributed by atoms with van der Waals surface area (Å²) in [7, 11) is 1.61. The van der Waals surface area contributed by atoms with E-state index in [1.807, 2.05) is 17.9 Å². The lowest BCUT2D eigenvalue weighted by atomic mass is 9.92. The summed E-state index contributed by atoms with van der Waals surface area (Å²) in [6.45, 7) is 3.18. The topological polar surface area (TPSA) is 81.6 Å². The fourth-order valence-electron chi connectivity index (χ4n) is 3.51. The molecule has 0 bridgehead atoms. The molecule has 7 heteroatoms. The molecule has 7 nitrogen and oxygen atoms in total. The van der Waals surface area contributed by atoms with Gasteiger partial charge >= 0.3 is 0 Å². The Kier molecular flexibility index (Phi) is 4.66. The maximum Gasteiger partial charge on any atom is 0.253 e. The molecule has 0 radical (unpaired) electrons. The van der Waals surface area contributed by atoms with E-state index in [0.29, 0.717) is 17.9 Å². The van der Waals surface area contributed by atoms with Crippen molar-refractivity contribution in [3.63, 3.8) is 0 Å². The van der Waals surface area contributed by atoms with Gasteiger partial charge in [-0.3, -0.25) is 4.79 Å². The number of piperidine rings is 1. The van der Waals surface area contributed by atoms with Crippen LogP contribution in [0.25, 0.3) is 11.3 Å². The van der Waals surface area contributed by atoms with Gasteiger partial charge in [-0.05, 0) is 44.0 Å². The number of carbonyl (C=O) groups is 1. The number of benzene rings is 1. The quantitative estimate of drug-likeness (QED) is 0.700. The largest absolute Gasteiger partial charge is 0.497 e. The fraction of sp³-hybridized carbons (Fsp3) is 0.350. The van der Waals surface area contributed by atoms with Gasteiger partial charge in [0, 0.05) is 30.6 Å². The number of ether oxygens (including phenoxy) is 1. The molecule has 0 unspecified atom stereocenters. The number of hydrogen-bond acceptors (Lipinski definition) is 6. The first kappa shape index (κ1) is 17.3. The Morgan fingerprint density at radius 2 is 2.07 bits per heavy atom. The molecule has 3 aromatic rings. The summed E-state index contributed by atoms with van der Waals surface area (Å²) >= 11 is 0. The second-order valence-corrected chi connectivity index (χ2v) is 6.76. The molecule has 140 valence electrons. The Morgan fingerprint density at radius 3 is 2.78 bits per heavy atom. The third-order valence-electron chi connectivity index (χ3n) is 4.91. The first-order valence-electron chi connectivity index (χ1n) is 8.97. The fourth-order valence-corrected chi connectivity index (χ4v) is 3.51. The van der Waals surface area contributed by atoms with E-state index in [2.05, 4.69) is 10.3 Å². The standard InChI is InChI=1S/C20H21N3O4/c1-13-10-18(26-22-13)17-11-21-27-19(17)15-4-3-9-23(12-15)20(24)14-5-7-16(25-2)8-6-14/h5-8,10-11,15H,3-4,9,12H2,1-2H3/t15-/m0/s1. The van der Waals surface area contributed by atoms with Crippen LogP contribution < -0.4 is 4.74 Å². The van der Waals surface area contributed by atoms with E-state index in [1.165, 1.54) is 0 Å². The van der Waals surface area contributed by atoms with Crippen LogP contribution in [0.5, 0.6) is 5.75 Å². The highest BCUT2D eigenvalue weighted by Crippen LogP contribution is 2.35. The molecule has 1 aromatic carbocycles. The molecule has 1 atom stereocenters. The summed E-state index contributed by atoms with van der Waals surface area (Å²) in [6.07, 6.45) is 3.49. The van der Waals surface area contributed by atoms with E-state index in [-0.39, 0.29) is 11.8 Å². The van der Waals surface area contributed by atoms with Crippen molar-refractivity contribution in [3.05, 3.63) is 53.5 Å². The van der Waals surface area contributed by atoms with Gasteiger partial charge in [-0.15, -0.1) is 0 Å². The molecule has 0 saturated carbocycles. The molecule has 1 aliphatic heterocycles. The second-order valence-electron chi connectivity index (χ2n) is 6.76. The van der Waals surface area contributed by atoms with Crippen LogP contribution in [0, 0.1) is 6.92 Å². The highest BCUT2D eigenvalue weighted by molar-refractivity contribution is 5.94. The first-order valence-corrected chi connectivity index (χ1v) is 8.97. The Balaban J connectivity index is 1.53. The summed E-state index contributed by atoms with van der Waals surface area (Å²) in [5.41, 5.74) is 2.26. The summed E-state index contributed by atoms with van der Waals surface area (Å²) in [4.78, 5) is 14.8. The number of aryl methyl sites for hydroxylation is 1. The van der Waals surface area contributed by atoms with Crippen molar-refractivity contribution in [2.75, 3.05) is 20.2 Å². The summed E-state index contributed by atoms with van der Waals surface area (Å²) in [5, 5.41) is 7.89. The Bertz CT molecular complexity index is 929. The number of nitrogens with zero attached hydrogens (tertiary/aromatic N) is 3. The lowest BCUT2D eigenvalue weighted by Gasteiger charge is -2.32. The van der Waals surface area contributed by atoms with E-state index in [9.17, 15) is 4.79 Å². The number of methoxy groups -OCH3 is 1. The number of rotatable bonds is 4. The monoisotopic (exact) mass is 367 g/mol. The second kappa shape index (κ2) is 7.26. The maximum absolute atomic E-state index is 12.9. The van der Waals surface area contributed by atoms with E-state index in [0.717, 1.165) is 42.2 Å². The lowest BCUT2D eigenvalue weighted by molar-refractivity contribution is 0.0698. The molecule has 4 rings (SSSR count). The highest BCUT2D eigenvalue weighted by Gasteiger charge is 2.30. The molecule has 1 aliphatic rings. The average Bonchev–Trinajstić information content (AvgIpc) is 3.36. The number of aromatic nitrogens is 2.